The lowest BCUT2D eigenvalue weighted by atomic mass is 10.00. The standard InChI is InChI=1S/C12H16BrNO3/c1-14(8-9-2-5-16-6-3-9)12(15)10-4-7-17-11(10)13/h4,7,9H,2-3,5-6,8H2,1H3. The van der Waals surface area contributed by atoms with E-state index in [9.17, 15) is 4.79 Å². The molecule has 1 saturated heterocycles. The molecular formula is C12H16BrNO3. The van der Waals surface area contributed by atoms with Gasteiger partial charge in [0.25, 0.3) is 5.91 Å². The molecule has 0 radical (unpaired) electrons. The summed E-state index contributed by atoms with van der Waals surface area (Å²) in [4.78, 5) is 13.9. The molecule has 17 heavy (non-hydrogen) atoms. The first-order valence-electron chi connectivity index (χ1n) is 5.74. The van der Waals surface area contributed by atoms with E-state index in [1.807, 2.05) is 7.05 Å². The Morgan fingerprint density at radius 1 is 1.53 bits per heavy atom. The maximum absolute atomic E-state index is 12.1. The van der Waals surface area contributed by atoms with Crippen molar-refractivity contribution in [2.45, 2.75) is 12.8 Å². The van der Waals surface area contributed by atoms with Crippen molar-refractivity contribution in [3.05, 3.63) is 22.6 Å². The monoisotopic (exact) mass is 301 g/mol. The maximum atomic E-state index is 12.1. The van der Waals surface area contributed by atoms with E-state index in [1.165, 1.54) is 6.26 Å². The first kappa shape index (κ1) is 12.6. The van der Waals surface area contributed by atoms with E-state index in [-0.39, 0.29) is 5.91 Å². The largest absolute Gasteiger partial charge is 0.457 e. The van der Waals surface area contributed by atoms with Crippen LogP contribution in [0.5, 0.6) is 0 Å². The van der Waals surface area contributed by atoms with Gasteiger partial charge >= 0.3 is 0 Å². The second-order valence-corrected chi connectivity index (χ2v) is 5.07. The van der Waals surface area contributed by atoms with Crippen LogP contribution in [0.2, 0.25) is 0 Å². The van der Waals surface area contributed by atoms with Crippen LogP contribution in [0.3, 0.4) is 0 Å². The zero-order valence-electron chi connectivity index (χ0n) is 9.82. The molecule has 0 aromatic carbocycles. The van der Waals surface area contributed by atoms with Crippen molar-refractivity contribution in [1.29, 1.82) is 0 Å². The third kappa shape index (κ3) is 3.10. The number of rotatable bonds is 3. The third-order valence-electron chi connectivity index (χ3n) is 3.07. The molecule has 0 atom stereocenters. The average molecular weight is 302 g/mol. The fourth-order valence-corrected chi connectivity index (χ4v) is 2.46. The predicted octanol–water partition coefficient (Wildman–Crippen LogP) is 2.54. The molecular weight excluding hydrogens is 286 g/mol. The van der Waals surface area contributed by atoms with Gasteiger partial charge in [0.05, 0.1) is 11.8 Å². The van der Waals surface area contributed by atoms with E-state index in [4.69, 9.17) is 9.15 Å². The highest BCUT2D eigenvalue weighted by atomic mass is 79.9. The average Bonchev–Trinajstić information content (AvgIpc) is 2.76. The van der Waals surface area contributed by atoms with Crippen molar-refractivity contribution < 1.29 is 13.9 Å². The molecule has 0 saturated carbocycles. The zero-order chi connectivity index (χ0) is 12.3. The summed E-state index contributed by atoms with van der Waals surface area (Å²) in [6, 6.07) is 1.69. The second-order valence-electron chi connectivity index (χ2n) is 4.35. The van der Waals surface area contributed by atoms with Gasteiger partial charge in [-0.15, -0.1) is 0 Å². The minimum absolute atomic E-state index is 0.00267. The molecule has 0 N–H and O–H groups in total. The van der Waals surface area contributed by atoms with Crippen molar-refractivity contribution in [1.82, 2.24) is 4.90 Å². The summed E-state index contributed by atoms with van der Waals surface area (Å²) in [6.45, 7) is 2.39. The number of furan rings is 1. The smallest absolute Gasteiger partial charge is 0.258 e. The summed E-state index contributed by atoms with van der Waals surface area (Å²) in [6.07, 6.45) is 3.58. The van der Waals surface area contributed by atoms with Crippen LogP contribution < -0.4 is 0 Å². The summed E-state index contributed by atoms with van der Waals surface area (Å²) >= 11 is 3.23. The molecule has 2 heterocycles. The Bertz CT molecular complexity index is 385. The quantitative estimate of drug-likeness (QED) is 0.861. The Morgan fingerprint density at radius 2 is 2.24 bits per heavy atom. The van der Waals surface area contributed by atoms with Crippen molar-refractivity contribution in [2.75, 3.05) is 26.8 Å². The molecule has 0 aliphatic carbocycles. The Kier molecular flexibility index (Phi) is 4.23. The highest BCUT2D eigenvalue weighted by Gasteiger charge is 2.21. The molecule has 4 nitrogen and oxygen atoms in total. The van der Waals surface area contributed by atoms with Gasteiger partial charge < -0.3 is 14.1 Å². The fourth-order valence-electron chi connectivity index (χ4n) is 2.05. The Labute approximate surface area is 109 Å². The minimum Gasteiger partial charge on any atom is -0.457 e. The lowest BCUT2D eigenvalue weighted by molar-refractivity contribution is 0.0496. The number of nitrogens with zero attached hydrogens (tertiary/aromatic N) is 1. The summed E-state index contributed by atoms with van der Waals surface area (Å²) in [5, 5.41) is 0. The molecule has 1 aliphatic rings. The molecule has 1 fully saturated rings. The number of carbonyl (C=O) groups is 1. The van der Waals surface area contributed by atoms with Gasteiger partial charge in [-0.25, -0.2) is 0 Å². The van der Waals surface area contributed by atoms with Gasteiger partial charge in [0.1, 0.15) is 0 Å². The summed E-state index contributed by atoms with van der Waals surface area (Å²) < 4.78 is 10.9. The number of halogens is 1. The van der Waals surface area contributed by atoms with Crippen molar-refractivity contribution in [3.8, 4) is 0 Å². The van der Waals surface area contributed by atoms with Gasteiger partial charge in [-0.05, 0) is 40.8 Å². The Balaban J connectivity index is 1.93. The van der Waals surface area contributed by atoms with E-state index >= 15 is 0 Å². The SMILES string of the molecule is CN(CC1CCOCC1)C(=O)c1ccoc1Br. The van der Waals surface area contributed by atoms with E-state index in [0.717, 1.165) is 32.6 Å². The van der Waals surface area contributed by atoms with Crippen molar-refractivity contribution >= 4 is 21.8 Å². The van der Waals surface area contributed by atoms with E-state index in [1.54, 1.807) is 11.0 Å². The molecule has 0 spiro atoms. The normalized spacial score (nSPS) is 17.1. The second kappa shape index (κ2) is 5.69. The predicted molar refractivity (Wildman–Crippen MR) is 66.9 cm³/mol. The molecule has 1 amide bonds. The first-order valence-corrected chi connectivity index (χ1v) is 6.54. The summed E-state index contributed by atoms with van der Waals surface area (Å²) in [5.41, 5.74) is 0.583. The van der Waals surface area contributed by atoms with Crippen LogP contribution in [-0.4, -0.2) is 37.6 Å². The maximum Gasteiger partial charge on any atom is 0.258 e. The van der Waals surface area contributed by atoms with E-state index < -0.39 is 0 Å². The van der Waals surface area contributed by atoms with Gasteiger partial charge in [-0.2, -0.15) is 0 Å². The summed E-state index contributed by atoms with van der Waals surface area (Å²) in [5.74, 6) is 0.542. The highest BCUT2D eigenvalue weighted by Crippen LogP contribution is 2.21. The number of carbonyl (C=O) groups excluding carboxylic acids is 1. The number of ether oxygens (including phenoxy) is 1. The van der Waals surface area contributed by atoms with Crippen LogP contribution in [0.4, 0.5) is 0 Å². The van der Waals surface area contributed by atoms with Crippen LogP contribution >= 0.6 is 15.9 Å². The fraction of sp³-hybridized carbons (Fsp3) is 0.583. The van der Waals surface area contributed by atoms with Gasteiger partial charge in [0, 0.05) is 26.8 Å². The molecule has 5 heteroatoms. The first-order chi connectivity index (χ1) is 8.18. The van der Waals surface area contributed by atoms with Gasteiger partial charge in [-0.1, -0.05) is 0 Å². The lowest BCUT2D eigenvalue weighted by Gasteiger charge is -2.27. The zero-order valence-corrected chi connectivity index (χ0v) is 11.4. The highest BCUT2D eigenvalue weighted by molar-refractivity contribution is 9.10. The van der Waals surface area contributed by atoms with Crippen molar-refractivity contribution in [3.63, 3.8) is 0 Å². The van der Waals surface area contributed by atoms with Crippen LogP contribution in [0.1, 0.15) is 23.2 Å². The molecule has 1 aliphatic heterocycles. The van der Waals surface area contributed by atoms with Crippen LogP contribution in [0, 0.1) is 5.92 Å². The van der Waals surface area contributed by atoms with Crippen LogP contribution in [0.25, 0.3) is 0 Å². The Hall–Kier alpha value is -0.810. The molecule has 2 rings (SSSR count). The number of hydrogen-bond donors (Lipinski definition) is 0. The number of hydrogen-bond acceptors (Lipinski definition) is 3. The minimum atomic E-state index is -0.00267. The molecule has 0 bridgehead atoms. The molecule has 0 unspecified atom stereocenters. The van der Waals surface area contributed by atoms with Crippen molar-refractivity contribution in [2.24, 2.45) is 5.92 Å². The van der Waals surface area contributed by atoms with Crippen LogP contribution in [0.15, 0.2) is 21.4 Å². The molecule has 1 aromatic heterocycles. The van der Waals surface area contributed by atoms with Crippen LogP contribution in [-0.2, 0) is 4.74 Å². The number of amides is 1. The summed E-state index contributed by atoms with van der Waals surface area (Å²) in [7, 11) is 1.83. The van der Waals surface area contributed by atoms with Gasteiger partial charge in [0.15, 0.2) is 4.67 Å². The molecule has 1 aromatic rings. The van der Waals surface area contributed by atoms with E-state index in [2.05, 4.69) is 15.9 Å². The van der Waals surface area contributed by atoms with Gasteiger partial charge in [0.2, 0.25) is 0 Å². The Morgan fingerprint density at radius 3 is 2.82 bits per heavy atom. The van der Waals surface area contributed by atoms with E-state index in [0.29, 0.717) is 16.2 Å². The molecule has 94 valence electrons. The topological polar surface area (TPSA) is 42.7 Å². The van der Waals surface area contributed by atoms with Gasteiger partial charge in [-0.3, -0.25) is 4.79 Å². The third-order valence-corrected chi connectivity index (χ3v) is 3.68. The lowest BCUT2D eigenvalue weighted by Crippen LogP contribution is -2.34.